The molecule has 1 aliphatic carbocycles. The second kappa shape index (κ2) is 8.01. The summed E-state index contributed by atoms with van der Waals surface area (Å²) in [6.07, 6.45) is 7.97. The average molecular weight is 318 g/mol. The third-order valence-corrected chi connectivity index (χ3v) is 4.38. The summed E-state index contributed by atoms with van der Waals surface area (Å²) in [6, 6.07) is 0.775. The number of amides is 1. The summed E-state index contributed by atoms with van der Waals surface area (Å²) in [5.41, 5.74) is 0. The van der Waals surface area contributed by atoms with E-state index in [1.165, 1.54) is 12.8 Å². The van der Waals surface area contributed by atoms with Crippen molar-refractivity contribution in [3.05, 3.63) is 12.2 Å². The number of nitrogens with zero attached hydrogens (tertiary/aromatic N) is 5. The average Bonchev–Trinajstić information content (AvgIpc) is 3.27. The van der Waals surface area contributed by atoms with Crippen molar-refractivity contribution in [1.29, 1.82) is 5.41 Å². The molecule has 0 bridgehead atoms. The maximum absolute atomic E-state index is 12.3. The Kier molecular flexibility index (Phi) is 6.04. The lowest BCUT2D eigenvalue weighted by atomic mass is 10.2. The maximum Gasteiger partial charge on any atom is 0.246 e. The van der Waals surface area contributed by atoms with Crippen LogP contribution >= 0.6 is 0 Å². The fourth-order valence-corrected chi connectivity index (χ4v) is 2.87. The number of likely N-dealkylation sites (N-methyl/N-ethyl adjacent to an activating group) is 1. The van der Waals surface area contributed by atoms with Gasteiger partial charge < -0.3 is 4.90 Å². The summed E-state index contributed by atoms with van der Waals surface area (Å²) >= 11 is 0. The fourth-order valence-electron chi connectivity index (χ4n) is 2.87. The number of aliphatic imine (C=N–C) groups is 1. The molecule has 0 aromatic rings. The molecule has 2 aliphatic rings. The van der Waals surface area contributed by atoms with Crippen molar-refractivity contribution >= 4 is 24.8 Å². The highest BCUT2D eigenvalue weighted by Gasteiger charge is 2.30. The van der Waals surface area contributed by atoms with E-state index in [2.05, 4.69) is 28.8 Å². The summed E-state index contributed by atoms with van der Waals surface area (Å²) in [4.78, 5) is 20.3. The number of carbonyl (C=O) groups excluding carboxylic acids is 1. The molecule has 23 heavy (non-hydrogen) atoms. The van der Waals surface area contributed by atoms with Gasteiger partial charge in [0.2, 0.25) is 5.91 Å². The van der Waals surface area contributed by atoms with Crippen molar-refractivity contribution < 1.29 is 4.79 Å². The van der Waals surface area contributed by atoms with Gasteiger partial charge in [0.1, 0.15) is 12.2 Å². The Hall–Kier alpha value is -2.02. The lowest BCUT2D eigenvalue weighted by molar-refractivity contribution is -0.125. The minimum Gasteiger partial charge on any atom is -0.337 e. The molecule has 2 fully saturated rings. The van der Waals surface area contributed by atoms with E-state index < -0.39 is 0 Å². The first-order chi connectivity index (χ1) is 11.1. The minimum absolute atomic E-state index is 0.0438. The highest BCUT2D eigenvalue weighted by molar-refractivity contribution is 5.88. The normalized spacial score (nSPS) is 22.0. The van der Waals surface area contributed by atoms with Crippen LogP contribution in [0.4, 0.5) is 0 Å². The molecule has 1 saturated carbocycles. The van der Waals surface area contributed by atoms with E-state index in [0.29, 0.717) is 25.0 Å². The van der Waals surface area contributed by atoms with Crippen LogP contribution in [-0.4, -0.2) is 78.4 Å². The number of rotatable bonds is 7. The number of amidine groups is 1. The number of hydrazone groups is 1. The first kappa shape index (κ1) is 17.3. The second-order valence-electron chi connectivity index (χ2n) is 6.09. The molecule has 1 N–H and O–H groups in total. The third kappa shape index (κ3) is 4.72. The molecule has 2 rings (SSSR count). The van der Waals surface area contributed by atoms with Gasteiger partial charge in [-0.15, -0.1) is 0 Å². The minimum atomic E-state index is 0.0438. The summed E-state index contributed by atoms with van der Waals surface area (Å²) in [5.74, 6) is 0.665. The van der Waals surface area contributed by atoms with Gasteiger partial charge in [-0.3, -0.25) is 15.1 Å². The monoisotopic (exact) mass is 318 g/mol. The Bertz CT molecular complexity index is 511. The van der Waals surface area contributed by atoms with E-state index >= 15 is 0 Å². The van der Waals surface area contributed by atoms with Crippen molar-refractivity contribution in [2.45, 2.75) is 38.3 Å². The molecule has 0 aromatic carbocycles. The first-order valence-electron chi connectivity index (χ1n) is 8.01. The molecule has 1 saturated heterocycles. The van der Waals surface area contributed by atoms with Gasteiger partial charge in [-0.2, -0.15) is 5.10 Å². The zero-order valence-electron chi connectivity index (χ0n) is 14.0. The van der Waals surface area contributed by atoms with Gasteiger partial charge in [-0.05, 0) is 33.2 Å². The van der Waals surface area contributed by atoms with E-state index in [-0.39, 0.29) is 11.9 Å². The summed E-state index contributed by atoms with van der Waals surface area (Å²) in [5, 5.41) is 12.7. The Morgan fingerprint density at radius 2 is 2.13 bits per heavy atom. The van der Waals surface area contributed by atoms with Gasteiger partial charge in [-0.1, -0.05) is 6.08 Å². The van der Waals surface area contributed by atoms with Crippen molar-refractivity contribution in [3.63, 3.8) is 0 Å². The van der Waals surface area contributed by atoms with Crippen LogP contribution in [0.15, 0.2) is 22.2 Å². The van der Waals surface area contributed by atoms with Gasteiger partial charge in [0, 0.05) is 38.5 Å². The largest absolute Gasteiger partial charge is 0.337 e. The van der Waals surface area contributed by atoms with Crippen molar-refractivity contribution in [2.75, 3.05) is 26.7 Å². The van der Waals surface area contributed by atoms with Crippen molar-refractivity contribution in [2.24, 2.45) is 10.1 Å². The number of hydrogen-bond acceptors (Lipinski definition) is 4. The Morgan fingerprint density at radius 1 is 1.39 bits per heavy atom. The topological polar surface area (TPSA) is 75.4 Å². The van der Waals surface area contributed by atoms with Crippen LogP contribution in [0.3, 0.4) is 0 Å². The molecular formula is C16H26N6O. The van der Waals surface area contributed by atoms with Gasteiger partial charge in [0.25, 0.3) is 0 Å². The molecule has 1 aliphatic heterocycles. The number of carbonyl (C=O) groups is 1. The van der Waals surface area contributed by atoms with E-state index in [9.17, 15) is 4.79 Å². The molecule has 1 amide bonds. The van der Waals surface area contributed by atoms with Crippen LogP contribution in [0.2, 0.25) is 0 Å². The predicted octanol–water partition coefficient (Wildman–Crippen LogP) is 1.18. The lowest BCUT2D eigenvalue weighted by Crippen LogP contribution is -2.38. The van der Waals surface area contributed by atoms with Crippen molar-refractivity contribution in [3.8, 4) is 0 Å². The number of hydrogen-bond donors (Lipinski definition) is 1. The van der Waals surface area contributed by atoms with Gasteiger partial charge in [0.15, 0.2) is 0 Å². The SMILES string of the molecule is C=NN(C(C)=NC=N)[C@@H]1CCN(C(=O)/C=C/CN(C)C2CC2)C1. The lowest BCUT2D eigenvalue weighted by Gasteiger charge is -2.24. The number of likely N-dealkylation sites (tertiary alicyclic amines) is 1. The van der Waals surface area contributed by atoms with E-state index in [0.717, 1.165) is 19.3 Å². The molecule has 1 atom stereocenters. The zero-order valence-corrected chi connectivity index (χ0v) is 14.0. The molecule has 126 valence electrons. The highest BCUT2D eigenvalue weighted by Crippen LogP contribution is 2.24. The Morgan fingerprint density at radius 3 is 2.74 bits per heavy atom. The molecule has 0 radical (unpaired) electrons. The molecule has 0 spiro atoms. The maximum atomic E-state index is 12.3. The second-order valence-corrected chi connectivity index (χ2v) is 6.09. The molecule has 0 aromatic heterocycles. The standard InChI is InChI=1S/C16H26N6O/c1-13(19-12-17)22(18-2)15-8-10-21(11-15)16(23)5-4-9-20(3)14-6-7-14/h4-5,12,14-15,17H,2,6-11H2,1,3H3/b5-4+,17-12?,19-13?/t15-/m1/s1. The van der Waals surface area contributed by atoms with Crippen molar-refractivity contribution in [1.82, 2.24) is 14.8 Å². The fraction of sp³-hybridized carbons (Fsp3) is 0.625. The quantitative estimate of drug-likeness (QED) is 0.331. The summed E-state index contributed by atoms with van der Waals surface area (Å²) in [7, 11) is 2.09. The van der Waals surface area contributed by atoms with Crippen LogP contribution in [0.5, 0.6) is 0 Å². The third-order valence-electron chi connectivity index (χ3n) is 4.38. The van der Waals surface area contributed by atoms with Crippen LogP contribution in [-0.2, 0) is 4.79 Å². The number of nitrogens with one attached hydrogen (secondary N) is 1. The highest BCUT2D eigenvalue weighted by atomic mass is 16.2. The smallest absolute Gasteiger partial charge is 0.246 e. The molecular weight excluding hydrogens is 292 g/mol. The Balaban J connectivity index is 1.84. The van der Waals surface area contributed by atoms with Gasteiger partial charge >= 0.3 is 0 Å². The van der Waals surface area contributed by atoms with Crippen LogP contribution in [0.1, 0.15) is 26.2 Å². The van der Waals surface area contributed by atoms with Crippen LogP contribution in [0.25, 0.3) is 0 Å². The summed E-state index contributed by atoms with van der Waals surface area (Å²) < 4.78 is 0. The van der Waals surface area contributed by atoms with Crippen LogP contribution in [0, 0.1) is 5.41 Å². The van der Waals surface area contributed by atoms with E-state index in [4.69, 9.17) is 5.41 Å². The zero-order chi connectivity index (χ0) is 16.8. The van der Waals surface area contributed by atoms with Gasteiger partial charge in [-0.25, -0.2) is 10.0 Å². The predicted molar refractivity (Wildman–Crippen MR) is 93.1 cm³/mol. The Labute approximate surface area is 137 Å². The van der Waals surface area contributed by atoms with Gasteiger partial charge in [0.05, 0.1) is 6.04 Å². The molecule has 7 heteroatoms. The molecule has 7 nitrogen and oxygen atoms in total. The van der Waals surface area contributed by atoms with Crippen LogP contribution < -0.4 is 0 Å². The summed E-state index contributed by atoms with van der Waals surface area (Å²) in [6.45, 7) is 7.48. The first-order valence-corrected chi connectivity index (χ1v) is 8.01. The van der Waals surface area contributed by atoms with E-state index in [1.807, 2.05) is 11.0 Å². The molecule has 1 heterocycles. The molecule has 0 unspecified atom stereocenters. The van der Waals surface area contributed by atoms with E-state index in [1.54, 1.807) is 18.0 Å².